The molecule has 0 saturated heterocycles. The fraction of sp³-hybridized carbons (Fsp3) is 0. The van der Waals surface area contributed by atoms with E-state index in [1.54, 1.807) is 11.3 Å². The summed E-state index contributed by atoms with van der Waals surface area (Å²) in [4.78, 5) is 30.3. The van der Waals surface area contributed by atoms with Gasteiger partial charge in [0.2, 0.25) is 0 Å². The van der Waals surface area contributed by atoms with E-state index in [0.717, 1.165) is 75.5 Å². The van der Waals surface area contributed by atoms with Gasteiger partial charge in [0.25, 0.3) is 0 Å². The van der Waals surface area contributed by atoms with E-state index in [9.17, 15) is 0 Å². The molecule has 11 aromatic rings. The lowest BCUT2D eigenvalue weighted by Crippen LogP contribution is -2.00. The maximum atomic E-state index is 6.25. The van der Waals surface area contributed by atoms with Crippen molar-refractivity contribution in [2.75, 3.05) is 0 Å². The Balaban J connectivity index is 1.09. The van der Waals surface area contributed by atoms with Gasteiger partial charge in [0, 0.05) is 64.3 Å². The number of para-hydroxylation sites is 1. The third kappa shape index (κ3) is 5.51. The van der Waals surface area contributed by atoms with Crippen LogP contribution in [0.5, 0.6) is 0 Å². The molecule has 11 rings (SSSR count). The van der Waals surface area contributed by atoms with Crippen LogP contribution in [0.25, 0.3) is 110 Å². The minimum absolute atomic E-state index is 0.588. The highest BCUT2D eigenvalue weighted by atomic mass is 32.1. The first-order valence-corrected chi connectivity index (χ1v) is 19.1. The van der Waals surface area contributed by atoms with Gasteiger partial charge in [0.15, 0.2) is 34.9 Å². The molecule has 0 spiro atoms. The summed E-state index contributed by atoms with van der Waals surface area (Å²) in [5.41, 5.74) is 7.14. The van der Waals surface area contributed by atoms with Crippen LogP contribution in [0.4, 0.5) is 0 Å². The van der Waals surface area contributed by atoms with Crippen LogP contribution in [0.1, 0.15) is 0 Å². The third-order valence-corrected chi connectivity index (χ3v) is 11.2. The van der Waals surface area contributed by atoms with E-state index in [1.165, 1.54) is 0 Å². The van der Waals surface area contributed by atoms with Gasteiger partial charge >= 0.3 is 0 Å². The smallest absolute Gasteiger partial charge is 0.165 e. The van der Waals surface area contributed by atoms with Crippen LogP contribution in [0.2, 0.25) is 0 Å². The maximum absolute atomic E-state index is 6.25. The Morgan fingerprint density at radius 1 is 0.339 bits per heavy atom. The molecule has 0 aliphatic heterocycles. The van der Waals surface area contributed by atoms with Gasteiger partial charge in [-0.2, -0.15) is 0 Å². The van der Waals surface area contributed by atoms with Crippen molar-refractivity contribution in [3.63, 3.8) is 0 Å². The van der Waals surface area contributed by atoms with Gasteiger partial charge in [0.05, 0.1) is 0 Å². The third-order valence-electron chi connectivity index (χ3n) is 10.0. The second-order valence-electron chi connectivity index (χ2n) is 13.5. The first kappa shape index (κ1) is 32.0. The zero-order valence-electron chi connectivity index (χ0n) is 29.7. The SMILES string of the molecule is c1ccc(-c2nc(-c3ccccc3)nc(-c3ccc4sc5c(-c6nc(-c7ccccc7)nc(-c7cccc8oc9ccccc9c78)n6)cccc5c4c3)n2)cc1. The van der Waals surface area contributed by atoms with Crippen LogP contribution in [-0.4, -0.2) is 29.9 Å². The lowest BCUT2D eigenvalue weighted by Gasteiger charge is -2.10. The van der Waals surface area contributed by atoms with E-state index in [1.807, 2.05) is 121 Å². The Hall–Kier alpha value is -7.42. The van der Waals surface area contributed by atoms with E-state index in [0.29, 0.717) is 34.9 Å². The van der Waals surface area contributed by atoms with Gasteiger partial charge in [-0.1, -0.05) is 133 Å². The van der Waals surface area contributed by atoms with Crippen LogP contribution in [-0.2, 0) is 0 Å². The molecule has 0 radical (unpaired) electrons. The average molecular weight is 737 g/mol. The second kappa shape index (κ2) is 13.2. The molecule has 0 saturated carbocycles. The fourth-order valence-corrected chi connectivity index (χ4v) is 8.54. The molecule has 0 unspecified atom stereocenters. The molecule has 4 heterocycles. The van der Waals surface area contributed by atoms with E-state index in [4.69, 9.17) is 34.3 Å². The van der Waals surface area contributed by atoms with Crippen molar-refractivity contribution in [2.24, 2.45) is 0 Å². The monoisotopic (exact) mass is 736 g/mol. The second-order valence-corrected chi connectivity index (χ2v) is 14.5. The molecule has 8 heteroatoms. The maximum Gasteiger partial charge on any atom is 0.165 e. The Morgan fingerprint density at radius 2 is 0.821 bits per heavy atom. The van der Waals surface area contributed by atoms with Crippen molar-refractivity contribution in [3.05, 3.63) is 170 Å². The number of aromatic nitrogens is 6. The first-order chi connectivity index (χ1) is 27.7. The van der Waals surface area contributed by atoms with E-state index in [-0.39, 0.29) is 0 Å². The predicted octanol–water partition coefficient (Wildman–Crippen LogP) is 12.3. The van der Waals surface area contributed by atoms with Crippen molar-refractivity contribution >= 4 is 53.4 Å². The van der Waals surface area contributed by atoms with Gasteiger partial charge < -0.3 is 4.42 Å². The summed E-state index contributed by atoms with van der Waals surface area (Å²) in [6.07, 6.45) is 0. The summed E-state index contributed by atoms with van der Waals surface area (Å²) >= 11 is 1.73. The molecule has 0 aliphatic carbocycles. The highest BCUT2D eigenvalue weighted by Gasteiger charge is 2.20. The number of rotatable bonds is 6. The quantitative estimate of drug-likeness (QED) is 0.168. The Kier molecular flexibility index (Phi) is 7.53. The summed E-state index contributed by atoms with van der Waals surface area (Å²) in [6.45, 7) is 0. The normalized spacial score (nSPS) is 11.6. The van der Waals surface area contributed by atoms with Gasteiger partial charge in [-0.3, -0.25) is 0 Å². The summed E-state index contributed by atoms with van der Waals surface area (Å²) in [5, 5.41) is 4.22. The van der Waals surface area contributed by atoms with Gasteiger partial charge in [0.1, 0.15) is 11.2 Å². The van der Waals surface area contributed by atoms with E-state index < -0.39 is 0 Å². The van der Waals surface area contributed by atoms with Crippen molar-refractivity contribution in [1.82, 2.24) is 29.9 Å². The standard InChI is InChI=1S/C48H28N6OS/c1-4-14-29(15-5-1)43-49-44(30-16-6-2-7-17-30)51-46(50-43)32-26-27-40-37(28-32)33-21-12-23-36(42(33)56-40)48-53-45(31-18-8-3-9-19-31)52-47(54-48)35-22-13-25-39-41(35)34-20-10-11-24-38(34)55-39/h1-28H. The molecule has 4 aromatic heterocycles. The van der Waals surface area contributed by atoms with E-state index in [2.05, 4.69) is 48.5 Å². The lowest BCUT2D eigenvalue weighted by atomic mass is 10.0. The fourth-order valence-electron chi connectivity index (χ4n) is 7.35. The molecule has 0 aliphatic rings. The molecule has 0 N–H and O–H groups in total. The molecule has 262 valence electrons. The minimum Gasteiger partial charge on any atom is -0.456 e. The lowest BCUT2D eigenvalue weighted by molar-refractivity contribution is 0.669. The molecule has 0 bridgehead atoms. The first-order valence-electron chi connectivity index (χ1n) is 18.3. The number of hydrogen-bond donors (Lipinski definition) is 0. The Bertz CT molecular complexity index is 3200. The van der Waals surface area contributed by atoms with Crippen molar-refractivity contribution in [3.8, 4) is 68.3 Å². The van der Waals surface area contributed by atoms with Gasteiger partial charge in [-0.05, 0) is 36.4 Å². The molecular formula is C48H28N6OS. The number of benzene rings is 7. The highest BCUT2D eigenvalue weighted by Crippen LogP contribution is 2.42. The van der Waals surface area contributed by atoms with Crippen LogP contribution in [0, 0.1) is 0 Å². The van der Waals surface area contributed by atoms with Crippen LogP contribution in [0.15, 0.2) is 174 Å². The van der Waals surface area contributed by atoms with Crippen molar-refractivity contribution in [1.29, 1.82) is 0 Å². The number of fused-ring (bicyclic) bond motifs is 6. The molecule has 0 atom stereocenters. The minimum atomic E-state index is 0.588. The van der Waals surface area contributed by atoms with E-state index >= 15 is 0 Å². The summed E-state index contributed by atoms with van der Waals surface area (Å²) in [5.74, 6) is 3.68. The summed E-state index contributed by atoms with van der Waals surface area (Å²) in [7, 11) is 0. The molecule has 0 fully saturated rings. The number of nitrogens with zero attached hydrogens (tertiary/aromatic N) is 6. The zero-order valence-corrected chi connectivity index (χ0v) is 30.5. The summed E-state index contributed by atoms with van der Waals surface area (Å²) in [6, 6.07) is 57.1. The largest absolute Gasteiger partial charge is 0.456 e. The van der Waals surface area contributed by atoms with Gasteiger partial charge in [-0.15, -0.1) is 11.3 Å². The van der Waals surface area contributed by atoms with Crippen molar-refractivity contribution in [2.45, 2.75) is 0 Å². The molecule has 0 amide bonds. The van der Waals surface area contributed by atoms with Crippen molar-refractivity contribution < 1.29 is 4.42 Å². The zero-order chi connectivity index (χ0) is 37.0. The van der Waals surface area contributed by atoms with Crippen LogP contribution in [0.3, 0.4) is 0 Å². The molecule has 7 aromatic carbocycles. The molecular weight excluding hydrogens is 709 g/mol. The number of thiophene rings is 1. The number of furan rings is 1. The predicted molar refractivity (Wildman–Crippen MR) is 226 cm³/mol. The summed E-state index contributed by atoms with van der Waals surface area (Å²) < 4.78 is 8.49. The Morgan fingerprint density at radius 3 is 1.48 bits per heavy atom. The molecule has 7 nitrogen and oxygen atoms in total. The Labute approximate surface area is 324 Å². The highest BCUT2D eigenvalue weighted by molar-refractivity contribution is 7.26. The van der Waals surface area contributed by atoms with Gasteiger partial charge in [-0.25, -0.2) is 29.9 Å². The van der Waals surface area contributed by atoms with Crippen LogP contribution < -0.4 is 0 Å². The average Bonchev–Trinajstić information content (AvgIpc) is 3.85. The van der Waals surface area contributed by atoms with Crippen LogP contribution >= 0.6 is 11.3 Å². The molecule has 56 heavy (non-hydrogen) atoms. The number of hydrogen-bond acceptors (Lipinski definition) is 8. The topological polar surface area (TPSA) is 90.5 Å².